The molecule has 5 nitrogen and oxygen atoms in total. The number of unbranched alkanes of at least 4 members (excludes halogenated alkanes) is 2. The Labute approximate surface area is 77.3 Å². The monoisotopic (exact) mass is 210 g/mol. The van der Waals surface area contributed by atoms with E-state index in [0.29, 0.717) is 25.7 Å². The van der Waals surface area contributed by atoms with Crippen molar-refractivity contribution in [2.75, 3.05) is 13.3 Å². The Bertz CT molecular complexity index is 197. The molecule has 0 rings (SSSR count). The van der Waals surface area contributed by atoms with Crippen LogP contribution in [0.4, 0.5) is 0 Å². The van der Waals surface area contributed by atoms with Crippen molar-refractivity contribution in [1.82, 2.24) is 0 Å². The van der Waals surface area contributed by atoms with Crippen molar-refractivity contribution in [3.05, 3.63) is 0 Å². The van der Waals surface area contributed by atoms with Crippen molar-refractivity contribution in [2.24, 2.45) is 0 Å². The van der Waals surface area contributed by atoms with Gasteiger partial charge in [0.05, 0.1) is 7.11 Å². The largest absolute Gasteiger partial charge is 0.469 e. The van der Waals surface area contributed by atoms with Gasteiger partial charge in [-0.25, -0.2) is 0 Å². The van der Waals surface area contributed by atoms with E-state index in [1.54, 1.807) is 0 Å². The van der Waals surface area contributed by atoms with Gasteiger partial charge in [-0.2, -0.15) is 0 Å². The van der Waals surface area contributed by atoms with Crippen LogP contribution in [0.1, 0.15) is 25.7 Å². The molecule has 0 atom stereocenters. The van der Waals surface area contributed by atoms with Crippen LogP contribution < -0.4 is 0 Å². The van der Waals surface area contributed by atoms with Crippen LogP contribution in [0, 0.1) is 0 Å². The highest BCUT2D eigenvalue weighted by Crippen LogP contribution is 2.35. The van der Waals surface area contributed by atoms with E-state index in [1.807, 2.05) is 0 Å². The molecule has 0 aliphatic carbocycles. The van der Waals surface area contributed by atoms with E-state index >= 15 is 0 Å². The van der Waals surface area contributed by atoms with E-state index in [0.717, 1.165) is 0 Å². The lowest BCUT2D eigenvalue weighted by Crippen LogP contribution is -1.99. The molecule has 0 spiro atoms. The van der Waals surface area contributed by atoms with E-state index in [2.05, 4.69) is 4.74 Å². The van der Waals surface area contributed by atoms with E-state index in [9.17, 15) is 9.36 Å². The zero-order valence-electron chi connectivity index (χ0n) is 7.60. The first-order valence-corrected chi connectivity index (χ1v) is 5.87. The van der Waals surface area contributed by atoms with Gasteiger partial charge in [0, 0.05) is 12.6 Å². The molecular formula is C7H15O5P. The molecule has 13 heavy (non-hydrogen) atoms. The van der Waals surface area contributed by atoms with Crippen LogP contribution in [0.2, 0.25) is 0 Å². The molecule has 0 bridgehead atoms. The van der Waals surface area contributed by atoms with Crippen LogP contribution in [-0.4, -0.2) is 29.0 Å². The Hall–Kier alpha value is -0.380. The molecule has 0 fully saturated rings. The van der Waals surface area contributed by atoms with Crippen molar-refractivity contribution in [2.45, 2.75) is 25.7 Å². The number of hydrogen-bond donors (Lipinski definition) is 2. The molecule has 0 heterocycles. The predicted molar refractivity (Wildman–Crippen MR) is 47.4 cm³/mol. The second-order valence-electron chi connectivity index (χ2n) is 2.78. The second-order valence-corrected chi connectivity index (χ2v) is 4.55. The molecule has 0 saturated carbocycles. The van der Waals surface area contributed by atoms with Gasteiger partial charge in [-0.1, -0.05) is 6.42 Å². The summed E-state index contributed by atoms with van der Waals surface area (Å²) in [7, 11) is -2.54. The third-order valence-corrected chi connectivity index (χ3v) is 2.46. The molecule has 0 aromatic rings. The fourth-order valence-corrected chi connectivity index (χ4v) is 1.50. The van der Waals surface area contributed by atoms with Crippen molar-refractivity contribution < 1.29 is 23.9 Å². The first-order valence-electron chi connectivity index (χ1n) is 4.07. The lowest BCUT2D eigenvalue weighted by Gasteiger charge is -2.02. The maximum Gasteiger partial charge on any atom is 0.325 e. The summed E-state index contributed by atoms with van der Waals surface area (Å²) in [6, 6.07) is 0. The molecular weight excluding hydrogens is 195 g/mol. The Morgan fingerprint density at radius 1 is 1.31 bits per heavy atom. The van der Waals surface area contributed by atoms with Crippen LogP contribution in [-0.2, 0) is 14.1 Å². The highest BCUT2D eigenvalue weighted by atomic mass is 31.2. The number of rotatable bonds is 6. The molecule has 0 unspecified atom stereocenters. The molecule has 0 saturated heterocycles. The predicted octanol–water partition coefficient (Wildman–Crippen LogP) is 0.897. The number of hydrogen-bond acceptors (Lipinski definition) is 3. The highest BCUT2D eigenvalue weighted by molar-refractivity contribution is 7.51. The molecule has 0 aliphatic heterocycles. The SMILES string of the molecule is COC(=O)CCCCCP(=O)(O)O. The molecule has 0 radical (unpaired) electrons. The zero-order chi connectivity index (χ0) is 10.3. The summed E-state index contributed by atoms with van der Waals surface area (Å²) in [6.45, 7) is 0. The summed E-state index contributed by atoms with van der Waals surface area (Å²) in [4.78, 5) is 27.6. The minimum atomic E-state index is -3.85. The van der Waals surface area contributed by atoms with E-state index in [1.165, 1.54) is 7.11 Å². The van der Waals surface area contributed by atoms with Gasteiger partial charge in [0.25, 0.3) is 0 Å². The Balaban J connectivity index is 3.27. The topological polar surface area (TPSA) is 83.8 Å². The fourth-order valence-electron chi connectivity index (χ4n) is 0.866. The number of methoxy groups -OCH3 is 1. The third kappa shape index (κ3) is 9.53. The Kier molecular flexibility index (Phi) is 5.95. The Morgan fingerprint density at radius 2 is 1.92 bits per heavy atom. The van der Waals surface area contributed by atoms with Crippen LogP contribution >= 0.6 is 7.60 Å². The van der Waals surface area contributed by atoms with Gasteiger partial charge in [0.2, 0.25) is 0 Å². The maximum absolute atomic E-state index is 10.6. The van der Waals surface area contributed by atoms with Crippen LogP contribution in [0.5, 0.6) is 0 Å². The van der Waals surface area contributed by atoms with Crippen molar-refractivity contribution >= 4 is 13.6 Å². The zero-order valence-corrected chi connectivity index (χ0v) is 8.50. The molecule has 0 amide bonds. The Morgan fingerprint density at radius 3 is 2.38 bits per heavy atom. The molecule has 0 aliphatic rings. The van der Waals surface area contributed by atoms with Gasteiger partial charge in [-0.05, 0) is 12.8 Å². The summed E-state index contributed by atoms with van der Waals surface area (Å²) in [5.74, 6) is -0.281. The van der Waals surface area contributed by atoms with Gasteiger partial charge in [0.1, 0.15) is 0 Å². The van der Waals surface area contributed by atoms with Crippen LogP contribution in [0.25, 0.3) is 0 Å². The van der Waals surface area contributed by atoms with Gasteiger partial charge in [0.15, 0.2) is 0 Å². The minimum absolute atomic E-state index is 0.103. The highest BCUT2D eigenvalue weighted by Gasteiger charge is 2.11. The van der Waals surface area contributed by atoms with E-state index in [4.69, 9.17) is 9.79 Å². The van der Waals surface area contributed by atoms with E-state index < -0.39 is 7.60 Å². The van der Waals surface area contributed by atoms with E-state index in [-0.39, 0.29) is 12.1 Å². The minimum Gasteiger partial charge on any atom is -0.469 e. The summed E-state index contributed by atoms with van der Waals surface area (Å²) in [5, 5.41) is 0. The summed E-state index contributed by atoms with van der Waals surface area (Å²) >= 11 is 0. The number of esters is 1. The van der Waals surface area contributed by atoms with Crippen molar-refractivity contribution in [1.29, 1.82) is 0 Å². The number of carbonyl (C=O) groups is 1. The quantitative estimate of drug-likeness (QED) is 0.386. The normalized spacial score (nSPS) is 11.3. The molecule has 78 valence electrons. The molecule has 2 N–H and O–H groups in total. The molecule has 0 aromatic heterocycles. The lowest BCUT2D eigenvalue weighted by atomic mass is 10.2. The first kappa shape index (κ1) is 12.6. The van der Waals surface area contributed by atoms with Crippen LogP contribution in [0.3, 0.4) is 0 Å². The van der Waals surface area contributed by atoms with Crippen molar-refractivity contribution in [3.8, 4) is 0 Å². The first-order chi connectivity index (χ1) is 5.95. The van der Waals surface area contributed by atoms with Crippen molar-refractivity contribution in [3.63, 3.8) is 0 Å². The maximum atomic E-state index is 10.6. The number of ether oxygens (including phenoxy) is 1. The summed E-state index contributed by atoms with van der Waals surface area (Å²) in [5.41, 5.74) is 0. The second kappa shape index (κ2) is 6.13. The van der Waals surface area contributed by atoms with Gasteiger partial charge >= 0.3 is 13.6 Å². The van der Waals surface area contributed by atoms with Gasteiger partial charge in [-0.3, -0.25) is 9.36 Å². The average Bonchev–Trinajstić information content (AvgIpc) is 2.01. The smallest absolute Gasteiger partial charge is 0.325 e. The van der Waals surface area contributed by atoms with Gasteiger partial charge < -0.3 is 14.5 Å². The summed E-state index contributed by atoms with van der Waals surface area (Å²) < 4.78 is 14.8. The van der Waals surface area contributed by atoms with Gasteiger partial charge in [-0.15, -0.1) is 0 Å². The number of carbonyl (C=O) groups excluding carboxylic acids is 1. The van der Waals surface area contributed by atoms with Crippen LogP contribution in [0.15, 0.2) is 0 Å². The fraction of sp³-hybridized carbons (Fsp3) is 0.857. The molecule has 0 aromatic carbocycles. The summed E-state index contributed by atoms with van der Waals surface area (Å²) in [6.07, 6.45) is 1.92. The molecule has 6 heteroatoms. The lowest BCUT2D eigenvalue weighted by molar-refractivity contribution is -0.140. The average molecular weight is 210 g/mol. The standard InChI is InChI=1S/C7H15O5P/c1-12-7(8)5-3-2-4-6-13(9,10)11/h2-6H2,1H3,(H2,9,10,11). The third-order valence-electron chi connectivity index (χ3n) is 1.56.